The summed E-state index contributed by atoms with van der Waals surface area (Å²) in [4.78, 5) is 15.6. The number of carbonyl (C=O) groups is 1. The Kier molecular flexibility index (Phi) is 4.55. The number of fused-ring (bicyclic) bond motifs is 3. The van der Waals surface area contributed by atoms with Gasteiger partial charge in [0.25, 0.3) is 0 Å². The minimum absolute atomic E-state index is 0.135. The number of aryl methyl sites for hydroxylation is 1. The molecule has 0 spiro atoms. The summed E-state index contributed by atoms with van der Waals surface area (Å²) in [6.45, 7) is 4.85. The van der Waals surface area contributed by atoms with Crippen molar-refractivity contribution in [3.63, 3.8) is 0 Å². The third-order valence-electron chi connectivity index (χ3n) is 5.88. The summed E-state index contributed by atoms with van der Waals surface area (Å²) in [6.07, 6.45) is 1.99. The van der Waals surface area contributed by atoms with E-state index in [1.807, 2.05) is 43.3 Å². The third-order valence-corrected chi connectivity index (χ3v) is 5.88. The average Bonchev–Trinajstić information content (AvgIpc) is 2.69. The monoisotopic (exact) mass is 351 g/mol. The minimum atomic E-state index is -1.79. The lowest BCUT2D eigenvalue weighted by molar-refractivity contribution is -0.177. The predicted octanol–water partition coefficient (Wildman–Crippen LogP) is 2.87. The second-order valence-corrected chi connectivity index (χ2v) is 7.47. The Balaban J connectivity index is 1.69. The van der Waals surface area contributed by atoms with Crippen LogP contribution in [-0.2, 0) is 15.1 Å². The summed E-state index contributed by atoms with van der Waals surface area (Å²) in [6, 6.07) is 16.6. The van der Waals surface area contributed by atoms with Gasteiger partial charge in [-0.2, -0.15) is 0 Å². The van der Waals surface area contributed by atoms with E-state index < -0.39 is 11.6 Å². The first-order valence-corrected chi connectivity index (χ1v) is 9.36. The van der Waals surface area contributed by atoms with Crippen LogP contribution in [0.25, 0.3) is 0 Å². The number of benzene rings is 2. The summed E-state index contributed by atoms with van der Waals surface area (Å²) in [5, 5.41) is 11.6. The number of nitrogens with zero attached hydrogens (tertiary/aromatic N) is 1. The molecule has 4 heteroatoms. The molecule has 5 rings (SSSR count). The molecule has 3 aliphatic rings. The molecular weight excluding hydrogens is 326 g/mol. The number of aliphatic hydroxyl groups is 1. The van der Waals surface area contributed by atoms with Crippen LogP contribution in [0.2, 0.25) is 0 Å². The number of hydrogen-bond acceptors (Lipinski definition) is 4. The normalized spacial score (nSPS) is 26.9. The Morgan fingerprint density at radius 2 is 1.73 bits per heavy atom. The van der Waals surface area contributed by atoms with Crippen molar-refractivity contribution in [2.45, 2.75) is 31.5 Å². The van der Waals surface area contributed by atoms with Crippen LogP contribution >= 0.6 is 0 Å². The molecule has 2 aromatic carbocycles. The Bertz CT molecular complexity index is 783. The molecule has 1 unspecified atom stereocenters. The molecule has 26 heavy (non-hydrogen) atoms. The van der Waals surface area contributed by atoms with Gasteiger partial charge in [-0.3, -0.25) is 4.90 Å². The maximum atomic E-state index is 13.3. The van der Waals surface area contributed by atoms with Crippen molar-refractivity contribution in [2.24, 2.45) is 5.92 Å². The zero-order chi connectivity index (χ0) is 18.1. The van der Waals surface area contributed by atoms with Crippen LogP contribution in [0.4, 0.5) is 0 Å². The van der Waals surface area contributed by atoms with Gasteiger partial charge in [-0.05, 0) is 49.9 Å². The van der Waals surface area contributed by atoms with Gasteiger partial charge < -0.3 is 9.84 Å². The minimum Gasteiger partial charge on any atom is -0.458 e. The average molecular weight is 351 g/mol. The Hall–Kier alpha value is -2.17. The fraction of sp³-hybridized carbons (Fsp3) is 0.409. The molecular formula is C22H25NO3. The lowest BCUT2D eigenvalue weighted by Crippen LogP contribution is -2.53. The van der Waals surface area contributed by atoms with Gasteiger partial charge in [0.05, 0.1) is 0 Å². The first-order chi connectivity index (χ1) is 12.6. The summed E-state index contributed by atoms with van der Waals surface area (Å²) < 4.78 is 5.92. The van der Waals surface area contributed by atoms with Crippen molar-refractivity contribution in [3.05, 3.63) is 71.3 Å². The van der Waals surface area contributed by atoms with Crippen LogP contribution in [-0.4, -0.2) is 41.7 Å². The zero-order valence-corrected chi connectivity index (χ0v) is 15.1. The summed E-state index contributed by atoms with van der Waals surface area (Å²) in [5.74, 6) is -0.169. The Morgan fingerprint density at radius 1 is 1.08 bits per heavy atom. The topological polar surface area (TPSA) is 49.8 Å². The molecule has 3 heterocycles. The third kappa shape index (κ3) is 2.93. The van der Waals surface area contributed by atoms with E-state index >= 15 is 0 Å². The molecule has 0 aliphatic carbocycles. The molecule has 0 saturated carbocycles. The van der Waals surface area contributed by atoms with Gasteiger partial charge in [-0.1, -0.05) is 54.6 Å². The van der Waals surface area contributed by atoms with E-state index in [-0.39, 0.29) is 6.10 Å². The van der Waals surface area contributed by atoms with Gasteiger partial charge in [0.1, 0.15) is 6.10 Å². The molecule has 0 amide bonds. The van der Waals surface area contributed by atoms with E-state index in [4.69, 9.17) is 4.74 Å². The molecule has 1 N–H and O–H groups in total. The van der Waals surface area contributed by atoms with Gasteiger partial charge in [0.2, 0.25) is 5.60 Å². The first kappa shape index (κ1) is 17.3. The Labute approximate surface area is 154 Å². The molecule has 4 nitrogen and oxygen atoms in total. The molecule has 3 saturated heterocycles. The maximum absolute atomic E-state index is 13.3. The Morgan fingerprint density at radius 3 is 2.35 bits per heavy atom. The second-order valence-electron chi connectivity index (χ2n) is 7.47. The van der Waals surface area contributed by atoms with Gasteiger partial charge in [-0.25, -0.2) is 4.79 Å². The molecule has 2 aromatic rings. The van der Waals surface area contributed by atoms with Crippen molar-refractivity contribution in [1.82, 2.24) is 4.90 Å². The lowest BCUT2D eigenvalue weighted by atomic mass is 9.83. The van der Waals surface area contributed by atoms with Gasteiger partial charge in [0.15, 0.2) is 0 Å². The van der Waals surface area contributed by atoms with Crippen LogP contribution < -0.4 is 0 Å². The lowest BCUT2D eigenvalue weighted by Gasteiger charge is -2.44. The number of piperidine rings is 3. The molecule has 0 radical (unpaired) electrons. The van der Waals surface area contributed by atoms with Crippen molar-refractivity contribution in [3.8, 4) is 0 Å². The highest BCUT2D eigenvalue weighted by atomic mass is 16.6. The maximum Gasteiger partial charge on any atom is 0.348 e. The molecule has 3 aliphatic heterocycles. The second kappa shape index (κ2) is 6.86. The SMILES string of the molecule is Cc1ccccc1C(O)(C(=O)O[C@H]1CN2CCC1CC2)c1ccccc1. The number of esters is 1. The fourth-order valence-corrected chi connectivity index (χ4v) is 4.31. The van der Waals surface area contributed by atoms with E-state index in [9.17, 15) is 9.90 Å². The van der Waals surface area contributed by atoms with Crippen LogP contribution in [0.5, 0.6) is 0 Å². The highest BCUT2D eigenvalue weighted by Gasteiger charge is 2.46. The van der Waals surface area contributed by atoms with Gasteiger partial charge in [-0.15, -0.1) is 0 Å². The van der Waals surface area contributed by atoms with Crippen LogP contribution in [0, 0.1) is 12.8 Å². The van der Waals surface area contributed by atoms with Crippen molar-refractivity contribution in [1.29, 1.82) is 0 Å². The number of rotatable bonds is 4. The molecule has 2 bridgehead atoms. The van der Waals surface area contributed by atoms with E-state index in [0.717, 1.165) is 38.0 Å². The smallest absolute Gasteiger partial charge is 0.348 e. The summed E-state index contributed by atoms with van der Waals surface area (Å²) >= 11 is 0. The molecule has 0 aromatic heterocycles. The quantitative estimate of drug-likeness (QED) is 0.861. The molecule has 136 valence electrons. The van der Waals surface area contributed by atoms with E-state index in [1.165, 1.54) is 0 Å². The van der Waals surface area contributed by atoms with Gasteiger partial charge >= 0.3 is 5.97 Å². The van der Waals surface area contributed by atoms with E-state index in [1.54, 1.807) is 18.2 Å². The standard InChI is InChI=1S/C22H25NO3/c1-16-7-5-6-10-19(16)22(25,18-8-3-2-4-9-18)21(24)26-20-15-23-13-11-17(20)12-14-23/h2-10,17,20,25H,11-15H2,1H3/t20-,22?/m0/s1. The first-order valence-electron chi connectivity index (χ1n) is 9.36. The number of ether oxygens (including phenoxy) is 1. The predicted molar refractivity (Wildman–Crippen MR) is 99.7 cm³/mol. The number of carbonyl (C=O) groups excluding carboxylic acids is 1. The highest BCUT2D eigenvalue weighted by molar-refractivity contribution is 5.86. The summed E-state index contributed by atoms with van der Waals surface area (Å²) in [5.41, 5.74) is 0.196. The largest absolute Gasteiger partial charge is 0.458 e. The molecule has 2 atom stereocenters. The van der Waals surface area contributed by atoms with Gasteiger partial charge in [0, 0.05) is 12.1 Å². The van der Waals surface area contributed by atoms with E-state index in [0.29, 0.717) is 17.0 Å². The fourth-order valence-electron chi connectivity index (χ4n) is 4.31. The molecule has 3 fully saturated rings. The highest BCUT2D eigenvalue weighted by Crippen LogP contribution is 2.36. The van der Waals surface area contributed by atoms with Crippen molar-refractivity contribution >= 4 is 5.97 Å². The zero-order valence-electron chi connectivity index (χ0n) is 15.1. The van der Waals surface area contributed by atoms with Crippen molar-refractivity contribution in [2.75, 3.05) is 19.6 Å². The van der Waals surface area contributed by atoms with Crippen LogP contribution in [0.15, 0.2) is 54.6 Å². The van der Waals surface area contributed by atoms with E-state index in [2.05, 4.69) is 4.90 Å². The van der Waals surface area contributed by atoms with Crippen molar-refractivity contribution < 1.29 is 14.6 Å². The van der Waals surface area contributed by atoms with Crippen LogP contribution in [0.3, 0.4) is 0 Å². The van der Waals surface area contributed by atoms with Crippen LogP contribution in [0.1, 0.15) is 29.5 Å². The summed E-state index contributed by atoms with van der Waals surface area (Å²) in [7, 11) is 0. The number of hydrogen-bond donors (Lipinski definition) is 1.